The van der Waals surface area contributed by atoms with E-state index in [4.69, 9.17) is 0 Å². The van der Waals surface area contributed by atoms with E-state index >= 15 is 0 Å². The molecule has 0 atom stereocenters. The van der Waals surface area contributed by atoms with Crippen molar-refractivity contribution in [1.82, 2.24) is 4.90 Å². The molecule has 2 aliphatic rings. The third-order valence-corrected chi connectivity index (χ3v) is 3.37. The number of carbonyl (C=O) groups excluding carboxylic acids is 1. The molecule has 2 rings (SSSR count). The molecule has 0 radical (unpaired) electrons. The molecule has 0 aliphatic carbocycles. The van der Waals surface area contributed by atoms with Crippen LogP contribution in [-0.2, 0) is 4.79 Å². The molecule has 1 fully saturated rings. The molecular formula is C9H14N2OS. The molecule has 1 amide bonds. The Labute approximate surface area is 82.6 Å². The predicted molar refractivity (Wildman–Crippen MR) is 54.9 cm³/mol. The van der Waals surface area contributed by atoms with Crippen LogP contribution in [0.2, 0.25) is 0 Å². The number of hydrogen-bond donors (Lipinski definition) is 0. The van der Waals surface area contributed by atoms with Crippen LogP contribution in [0.5, 0.6) is 0 Å². The minimum Gasteiger partial charge on any atom is -0.292 e. The van der Waals surface area contributed by atoms with Crippen molar-refractivity contribution in [1.29, 1.82) is 0 Å². The molecule has 4 heteroatoms. The summed E-state index contributed by atoms with van der Waals surface area (Å²) in [5.41, 5.74) is 0. The maximum atomic E-state index is 11.6. The number of likely N-dealkylation sites (tertiary alicyclic amines) is 1. The maximum absolute atomic E-state index is 11.6. The van der Waals surface area contributed by atoms with Gasteiger partial charge >= 0.3 is 0 Å². The number of rotatable bonds is 0. The van der Waals surface area contributed by atoms with Crippen molar-refractivity contribution < 1.29 is 4.79 Å². The van der Waals surface area contributed by atoms with E-state index in [9.17, 15) is 4.79 Å². The minimum absolute atomic E-state index is 0.269. The molecule has 2 heterocycles. The highest BCUT2D eigenvalue weighted by atomic mass is 32.2. The standard InChI is InChI=1S/C9H14N2OS/c12-8-4-2-1-3-6-11(8)9-10-5-7-13-9/h1-7H2. The molecule has 0 aromatic heterocycles. The fourth-order valence-electron chi connectivity index (χ4n) is 1.67. The first-order valence-electron chi connectivity index (χ1n) is 4.85. The van der Waals surface area contributed by atoms with E-state index in [0.717, 1.165) is 36.9 Å². The van der Waals surface area contributed by atoms with E-state index in [1.165, 1.54) is 6.42 Å². The Bertz CT molecular complexity index is 240. The zero-order valence-corrected chi connectivity index (χ0v) is 8.48. The van der Waals surface area contributed by atoms with E-state index in [1.54, 1.807) is 11.8 Å². The monoisotopic (exact) mass is 198 g/mol. The Balaban J connectivity index is 2.05. The zero-order chi connectivity index (χ0) is 9.10. The molecule has 0 saturated carbocycles. The molecule has 2 aliphatic heterocycles. The SMILES string of the molecule is O=C1CCCCCN1C1=NCCS1. The molecule has 3 nitrogen and oxygen atoms in total. The normalized spacial score (nSPS) is 24.5. The molecule has 0 N–H and O–H groups in total. The van der Waals surface area contributed by atoms with Crippen molar-refractivity contribution in [3.8, 4) is 0 Å². The van der Waals surface area contributed by atoms with Crippen LogP contribution in [0.1, 0.15) is 25.7 Å². The van der Waals surface area contributed by atoms with Gasteiger partial charge in [0.1, 0.15) is 0 Å². The lowest BCUT2D eigenvalue weighted by Gasteiger charge is -2.18. The van der Waals surface area contributed by atoms with Crippen molar-refractivity contribution >= 4 is 22.8 Å². The van der Waals surface area contributed by atoms with E-state index in [-0.39, 0.29) is 5.91 Å². The lowest BCUT2D eigenvalue weighted by molar-refractivity contribution is -0.126. The summed E-state index contributed by atoms with van der Waals surface area (Å²) < 4.78 is 0. The summed E-state index contributed by atoms with van der Waals surface area (Å²) in [4.78, 5) is 17.8. The van der Waals surface area contributed by atoms with Crippen molar-refractivity contribution in [3.63, 3.8) is 0 Å². The number of amidine groups is 1. The molecule has 0 aromatic carbocycles. The summed E-state index contributed by atoms with van der Waals surface area (Å²) in [6, 6.07) is 0. The second-order valence-electron chi connectivity index (χ2n) is 3.37. The molecular weight excluding hydrogens is 184 g/mol. The predicted octanol–water partition coefficient (Wildman–Crippen LogP) is 1.49. The van der Waals surface area contributed by atoms with Crippen LogP contribution in [0.3, 0.4) is 0 Å². The van der Waals surface area contributed by atoms with E-state index in [1.807, 2.05) is 4.90 Å². The summed E-state index contributed by atoms with van der Waals surface area (Å²) in [7, 11) is 0. The van der Waals surface area contributed by atoms with Crippen LogP contribution >= 0.6 is 11.8 Å². The second kappa shape index (κ2) is 4.13. The van der Waals surface area contributed by atoms with Crippen molar-refractivity contribution in [2.75, 3.05) is 18.8 Å². The Morgan fingerprint density at radius 1 is 1.31 bits per heavy atom. The Morgan fingerprint density at radius 2 is 2.23 bits per heavy atom. The van der Waals surface area contributed by atoms with Crippen molar-refractivity contribution in [2.24, 2.45) is 4.99 Å². The molecule has 1 saturated heterocycles. The Morgan fingerprint density at radius 3 is 3.00 bits per heavy atom. The quantitative estimate of drug-likeness (QED) is 0.591. The largest absolute Gasteiger partial charge is 0.292 e. The maximum Gasteiger partial charge on any atom is 0.228 e. The van der Waals surface area contributed by atoms with Crippen molar-refractivity contribution in [2.45, 2.75) is 25.7 Å². The average Bonchev–Trinajstić information content (AvgIpc) is 2.56. The van der Waals surface area contributed by atoms with E-state index < -0.39 is 0 Å². The first-order chi connectivity index (χ1) is 6.38. The second-order valence-corrected chi connectivity index (χ2v) is 4.43. The minimum atomic E-state index is 0.269. The van der Waals surface area contributed by atoms with Gasteiger partial charge in [0, 0.05) is 18.7 Å². The van der Waals surface area contributed by atoms with E-state index in [0.29, 0.717) is 6.42 Å². The highest BCUT2D eigenvalue weighted by Gasteiger charge is 2.23. The van der Waals surface area contributed by atoms with Gasteiger partial charge < -0.3 is 0 Å². The molecule has 0 bridgehead atoms. The first-order valence-corrected chi connectivity index (χ1v) is 5.84. The summed E-state index contributed by atoms with van der Waals surface area (Å²) in [6.45, 7) is 1.76. The molecule has 0 unspecified atom stereocenters. The van der Waals surface area contributed by atoms with Crippen LogP contribution < -0.4 is 0 Å². The van der Waals surface area contributed by atoms with Gasteiger partial charge in [0.15, 0.2) is 5.17 Å². The highest BCUT2D eigenvalue weighted by Crippen LogP contribution is 2.20. The van der Waals surface area contributed by atoms with Crippen LogP contribution in [-0.4, -0.2) is 34.8 Å². The Kier molecular flexibility index (Phi) is 2.88. The molecule has 13 heavy (non-hydrogen) atoms. The first kappa shape index (κ1) is 9.06. The summed E-state index contributed by atoms with van der Waals surface area (Å²) >= 11 is 1.72. The number of aliphatic imine (C=N–C) groups is 1. The van der Waals surface area contributed by atoms with Gasteiger partial charge in [-0.15, -0.1) is 0 Å². The fourth-order valence-corrected chi connectivity index (χ4v) is 2.57. The Hall–Kier alpha value is -0.510. The zero-order valence-electron chi connectivity index (χ0n) is 7.66. The highest BCUT2D eigenvalue weighted by molar-refractivity contribution is 8.14. The average molecular weight is 198 g/mol. The van der Waals surface area contributed by atoms with Crippen LogP contribution in [0.4, 0.5) is 0 Å². The molecule has 72 valence electrons. The smallest absolute Gasteiger partial charge is 0.228 e. The third-order valence-electron chi connectivity index (χ3n) is 2.37. The summed E-state index contributed by atoms with van der Waals surface area (Å²) in [5, 5.41) is 0.965. The van der Waals surface area contributed by atoms with Gasteiger partial charge in [0.05, 0.1) is 6.54 Å². The number of carbonyl (C=O) groups is 1. The van der Waals surface area contributed by atoms with Crippen LogP contribution in [0, 0.1) is 0 Å². The molecule has 0 aromatic rings. The number of amides is 1. The van der Waals surface area contributed by atoms with Gasteiger partial charge in [-0.2, -0.15) is 0 Å². The van der Waals surface area contributed by atoms with Gasteiger partial charge in [0.25, 0.3) is 0 Å². The van der Waals surface area contributed by atoms with Gasteiger partial charge in [-0.25, -0.2) is 0 Å². The third kappa shape index (κ3) is 2.05. The van der Waals surface area contributed by atoms with Gasteiger partial charge in [-0.1, -0.05) is 18.2 Å². The number of hydrogen-bond acceptors (Lipinski definition) is 3. The summed E-state index contributed by atoms with van der Waals surface area (Å²) in [5.74, 6) is 1.31. The lowest BCUT2D eigenvalue weighted by atomic mass is 10.2. The summed E-state index contributed by atoms with van der Waals surface area (Å²) in [6.07, 6.45) is 4.07. The fraction of sp³-hybridized carbons (Fsp3) is 0.778. The van der Waals surface area contributed by atoms with Gasteiger partial charge in [0.2, 0.25) is 5.91 Å². The number of thioether (sulfide) groups is 1. The molecule has 0 spiro atoms. The van der Waals surface area contributed by atoms with Crippen LogP contribution in [0.25, 0.3) is 0 Å². The number of nitrogens with zero attached hydrogens (tertiary/aromatic N) is 2. The topological polar surface area (TPSA) is 32.7 Å². The van der Waals surface area contributed by atoms with Crippen LogP contribution in [0.15, 0.2) is 4.99 Å². The van der Waals surface area contributed by atoms with Gasteiger partial charge in [-0.05, 0) is 12.8 Å². The van der Waals surface area contributed by atoms with E-state index in [2.05, 4.69) is 4.99 Å². The lowest BCUT2D eigenvalue weighted by Crippen LogP contribution is -2.33. The van der Waals surface area contributed by atoms with Gasteiger partial charge in [-0.3, -0.25) is 14.7 Å². The van der Waals surface area contributed by atoms with Crippen molar-refractivity contribution in [3.05, 3.63) is 0 Å².